The number of rotatable bonds is 7. The van der Waals surface area contributed by atoms with Crippen molar-refractivity contribution in [1.82, 2.24) is 9.55 Å². The second kappa shape index (κ2) is 8.99. The van der Waals surface area contributed by atoms with Crippen LogP contribution in [0.15, 0.2) is 60.9 Å². The largest absolute Gasteiger partial charge is 0.493 e. The van der Waals surface area contributed by atoms with Crippen molar-refractivity contribution in [2.24, 2.45) is 0 Å². The quantitative estimate of drug-likeness (QED) is 0.298. The molecule has 33 heavy (non-hydrogen) atoms. The number of methoxy groups -OCH3 is 2. The SMILES string of the molecule is CCOc1cc([N+](=O)[O-])ccc1C(=O)n1cc(-c2ccc(OC)c(OC)c2)c2cccnc21. The summed E-state index contributed by atoms with van der Waals surface area (Å²) in [5.41, 5.74) is 2.08. The van der Waals surface area contributed by atoms with Crippen molar-refractivity contribution >= 4 is 22.6 Å². The molecule has 2 aromatic carbocycles. The molecular weight excluding hydrogens is 426 g/mol. The predicted octanol–water partition coefficient (Wildman–Crippen LogP) is 4.72. The van der Waals surface area contributed by atoms with E-state index < -0.39 is 10.8 Å². The molecule has 9 nitrogen and oxygen atoms in total. The van der Waals surface area contributed by atoms with Crippen molar-refractivity contribution in [3.63, 3.8) is 0 Å². The third-order valence-electron chi connectivity index (χ3n) is 5.18. The number of carbonyl (C=O) groups is 1. The Balaban J connectivity index is 1.87. The fourth-order valence-electron chi connectivity index (χ4n) is 3.65. The van der Waals surface area contributed by atoms with Gasteiger partial charge in [0.1, 0.15) is 11.4 Å². The first-order chi connectivity index (χ1) is 16.0. The maximum absolute atomic E-state index is 13.5. The van der Waals surface area contributed by atoms with Crippen LogP contribution in [0, 0.1) is 10.1 Å². The van der Waals surface area contributed by atoms with Crippen LogP contribution in [-0.2, 0) is 0 Å². The molecule has 0 fully saturated rings. The van der Waals surface area contributed by atoms with E-state index in [0.717, 1.165) is 16.5 Å². The molecule has 4 rings (SSSR count). The van der Waals surface area contributed by atoms with E-state index in [9.17, 15) is 14.9 Å². The van der Waals surface area contributed by atoms with Gasteiger partial charge in [-0.05, 0) is 42.8 Å². The van der Waals surface area contributed by atoms with E-state index in [0.29, 0.717) is 17.1 Å². The molecule has 0 unspecified atom stereocenters. The zero-order valence-corrected chi connectivity index (χ0v) is 18.3. The van der Waals surface area contributed by atoms with E-state index >= 15 is 0 Å². The normalized spacial score (nSPS) is 10.8. The number of benzene rings is 2. The van der Waals surface area contributed by atoms with Gasteiger partial charge in [-0.1, -0.05) is 6.07 Å². The topological polar surface area (TPSA) is 106 Å². The summed E-state index contributed by atoms with van der Waals surface area (Å²) in [6, 6.07) is 13.1. The minimum atomic E-state index is -0.529. The van der Waals surface area contributed by atoms with Crippen LogP contribution in [-0.4, -0.2) is 41.2 Å². The van der Waals surface area contributed by atoms with Crippen LogP contribution in [0.4, 0.5) is 5.69 Å². The van der Waals surface area contributed by atoms with Crippen LogP contribution < -0.4 is 14.2 Å². The van der Waals surface area contributed by atoms with E-state index in [1.807, 2.05) is 18.2 Å². The summed E-state index contributed by atoms with van der Waals surface area (Å²) in [6.07, 6.45) is 3.29. The number of nitrogens with zero attached hydrogens (tertiary/aromatic N) is 3. The summed E-state index contributed by atoms with van der Waals surface area (Å²) in [6.45, 7) is 2.00. The minimum Gasteiger partial charge on any atom is -0.493 e. The molecule has 0 saturated heterocycles. The van der Waals surface area contributed by atoms with Gasteiger partial charge in [0, 0.05) is 29.4 Å². The molecule has 168 valence electrons. The summed E-state index contributed by atoms with van der Waals surface area (Å²) in [5.74, 6) is 0.873. The zero-order valence-electron chi connectivity index (χ0n) is 18.3. The van der Waals surface area contributed by atoms with E-state index in [2.05, 4.69) is 4.98 Å². The lowest BCUT2D eigenvalue weighted by atomic mass is 10.1. The Labute approximate surface area is 189 Å². The fourth-order valence-corrected chi connectivity index (χ4v) is 3.65. The molecule has 0 aliphatic heterocycles. The van der Waals surface area contributed by atoms with Crippen molar-refractivity contribution in [2.45, 2.75) is 6.92 Å². The first-order valence-electron chi connectivity index (χ1n) is 10.1. The van der Waals surface area contributed by atoms with Gasteiger partial charge in [-0.15, -0.1) is 0 Å². The Hall–Kier alpha value is -4.40. The highest BCUT2D eigenvalue weighted by Crippen LogP contribution is 2.36. The Kier molecular flexibility index (Phi) is 5.95. The van der Waals surface area contributed by atoms with Crippen molar-refractivity contribution in [3.8, 4) is 28.4 Å². The van der Waals surface area contributed by atoms with Gasteiger partial charge in [0.05, 0.1) is 37.4 Å². The summed E-state index contributed by atoms with van der Waals surface area (Å²) >= 11 is 0. The molecule has 0 radical (unpaired) electrons. The van der Waals surface area contributed by atoms with Crippen LogP contribution in [0.25, 0.3) is 22.2 Å². The third kappa shape index (κ3) is 3.96. The van der Waals surface area contributed by atoms with E-state index in [4.69, 9.17) is 14.2 Å². The third-order valence-corrected chi connectivity index (χ3v) is 5.18. The minimum absolute atomic E-state index is 0.141. The Morgan fingerprint density at radius 1 is 1.06 bits per heavy atom. The number of hydrogen-bond acceptors (Lipinski definition) is 7. The smallest absolute Gasteiger partial charge is 0.273 e. The molecule has 0 aliphatic carbocycles. The maximum atomic E-state index is 13.5. The number of pyridine rings is 1. The lowest BCUT2D eigenvalue weighted by Crippen LogP contribution is -2.13. The number of fused-ring (bicyclic) bond motifs is 1. The van der Waals surface area contributed by atoms with Crippen LogP contribution in [0.5, 0.6) is 17.2 Å². The molecule has 2 aromatic heterocycles. The summed E-state index contributed by atoms with van der Waals surface area (Å²) < 4.78 is 17.7. The van der Waals surface area contributed by atoms with Crippen molar-refractivity contribution < 1.29 is 23.9 Å². The molecule has 4 aromatic rings. The van der Waals surface area contributed by atoms with E-state index in [1.54, 1.807) is 45.7 Å². The molecule has 0 bridgehead atoms. The number of non-ortho nitro benzene ring substituents is 1. The molecule has 0 amide bonds. The Morgan fingerprint density at radius 2 is 1.85 bits per heavy atom. The lowest BCUT2D eigenvalue weighted by Gasteiger charge is -2.10. The second-order valence-corrected chi connectivity index (χ2v) is 7.03. The summed E-state index contributed by atoms with van der Waals surface area (Å²) in [5, 5.41) is 11.9. The summed E-state index contributed by atoms with van der Waals surface area (Å²) in [7, 11) is 3.12. The van der Waals surface area contributed by atoms with Gasteiger partial charge in [-0.25, -0.2) is 4.98 Å². The first-order valence-corrected chi connectivity index (χ1v) is 10.1. The first kappa shape index (κ1) is 21.8. The zero-order chi connectivity index (χ0) is 23.5. The van der Waals surface area contributed by atoms with E-state index in [1.165, 1.54) is 22.8 Å². The number of carbonyl (C=O) groups excluding carboxylic acids is 1. The number of nitro benzene ring substituents is 1. The number of nitro groups is 1. The monoisotopic (exact) mass is 447 g/mol. The average molecular weight is 447 g/mol. The van der Waals surface area contributed by atoms with Gasteiger partial charge >= 0.3 is 0 Å². The maximum Gasteiger partial charge on any atom is 0.273 e. The molecular formula is C24H21N3O6. The van der Waals surface area contributed by atoms with Crippen LogP contribution in [0.1, 0.15) is 17.3 Å². The highest BCUT2D eigenvalue weighted by atomic mass is 16.6. The average Bonchev–Trinajstić information content (AvgIpc) is 3.23. The van der Waals surface area contributed by atoms with Crippen molar-refractivity contribution in [1.29, 1.82) is 0 Å². The summed E-state index contributed by atoms with van der Waals surface area (Å²) in [4.78, 5) is 28.6. The standard InChI is InChI=1S/C24H21N3O6/c1-4-33-21-13-16(27(29)30)8-9-18(21)24(28)26-14-19(17-6-5-11-25-23(17)26)15-7-10-20(31-2)22(12-15)32-3/h5-14H,4H2,1-3H3. The lowest BCUT2D eigenvalue weighted by molar-refractivity contribution is -0.384. The molecule has 0 N–H and O–H groups in total. The molecule has 2 heterocycles. The Bertz CT molecular complexity index is 1360. The fraction of sp³-hybridized carbons (Fsp3) is 0.167. The van der Waals surface area contributed by atoms with Gasteiger partial charge in [0.15, 0.2) is 11.5 Å². The van der Waals surface area contributed by atoms with Gasteiger partial charge in [-0.2, -0.15) is 0 Å². The van der Waals surface area contributed by atoms with E-state index in [-0.39, 0.29) is 23.6 Å². The van der Waals surface area contributed by atoms with Gasteiger partial charge in [0.2, 0.25) is 0 Å². The predicted molar refractivity (Wildman–Crippen MR) is 122 cm³/mol. The van der Waals surface area contributed by atoms with Crippen LogP contribution >= 0.6 is 0 Å². The second-order valence-electron chi connectivity index (χ2n) is 7.03. The highest BCUT2D eigenvalue weighted by molar-refractivity contribution is 6.07. The Morgan fingerprint density at radius 3 is 2.55 bits per heavy atom. The van der Waals surface area contributed by atoms with Crippen LogP contribution in [0.2, 0.25) is 0 Å². The van der Waals surface area contributed by atoms with Crippen molar-refractivity contribution in [3.05, 3.63) is 76.6 Å². The van der Waals surface area contributed by atoms with Gasteiger partial charge in [0.25, 0.3) is 11.6 Å². The van der Waals surface area contributed by atoms with Crippen LogP contribution in [0.3, 0.4) is 0 Å². The molecule has 0 atom stereocenters. The molecule has 0 aliphatic rings. The number of aromatic nitrogens is 2. The van der Waals surface area contributed by atoms with Gasteiger partial charge < -0.3 is 14.2 Å². The molecule has 0 saturated carbocycles. The molecule has 9 heteroatoms. The molecule has 0 spiro atoms. The highest BCUT2D eigenvalue weighted by Gasteiger charge is 2.22. The van der Waals surface area contributed by atoms with Crippen molar-refractivity contribution in [2.75, 3.05) is 20.8 Å². The van der Waals surface area contributed by atoms with Gasteiger partial charge in [-0.3, -0.25) is 19.5 Å². The number of ether oxygens (including phenoxy) is 3. The number of hydrogen-bond donors (Lipinski definition) is 0.